The van der Waals surface area contributed by atoms with Crippen LogP contribution in [0.1, 0.15) is 32.4 Å². The lowest BCUT2D eigenvalue weighted by molar-refractivity contribution is 0.285. The molecule has 0 saturated heterocycles. The average Bonchev–Trinajstić information content (AvgIpc) is 2.45. The molecule has 0 aromatic carbocycles. The van der Waals surface area contributed by atoms with Gasteiger partial charge in [-0.3, -0.25) is 0 Å². The first-order valence-corrected chi connectivity index (χ1v) is 5.14. The zero-order valence-electron chi connectivity index (χ0n) is 9.21. The Bertz CT molecular complexity index is 294. The monoisotopic (exact) mass is 197 g/mol. The first-order chi connectivity index (χ1) is 6.70. The molecule has 0 aliphatic heterocycles. The van der Waals surface area contributed by atoms with Crippen molar-refractivity contribution < 1.29 is 4.74 Å². The molecule has 1 aromatic rings. The fraction of sp³-hybridized carbons (Fsp3) is 0.700. The molecule has 4 heteroatoms. The second-order valence-corrected chi connectivity index (χ2v) is 3.34. The molecule has 0 atom stereocenters. The van der Waals surface area contributed by atoms with Crippen LogP contribution in [0.25, 0.3) is 0 Å². The van der Waals surface area contributed by atoms with Crippen LogP contribution in [0.15, 0.2) is 0 Å². The van der Waals surface area contributed by atoms with Crippen molar-refractivity contribution in [3.63, 3.8) is 0 Å². The zero-order valence-corrected chi connectivity index (χ0v) is 9.21. The summed E-state index contributed by atoms with van der Waals surface area (Å²) in [5, 5.41) is 4.27. The van der Waals surface area contributed by atoms with E-state index in [0.29, 0.717) is 18.2 Å². The quantitative estimate of drug-likeness (QED) is 0.731. The molecule has 2 N–H and O–H groups in total. The summed E-state index contributed by atoms with van der Waals surface area (Å²) in [6.07, 6.45) is 3.02. The van der Waals surface area contributed by atoms with Gasteiger partial charge in [-0.1, -0.05) is 20.3 Å². The predicted octanol–water partition coefficient (Wildman–Crippen LogP) is 1.74. The first-order valence-electron chi connectivity index (χ1n) is 5.14. The minimum absolute atomic E-state index is 0.686. The van der Waals surface area contributed by atoms with Gasteiger partial charge in [0.15, 0.2) is 0 Å². The number of aromatic nitrogens is 2. The highest BCUT2D eigenvalue weighted by atomic mass is 16.5. The summed E-state index contributed by atoms with van der Waals surface area (Å²) >= 11 is 0. The van der Waals surface area contributed by atoms with Gasteiger partial charge in [0, 0.05) is 7.05 Å². The largest absolute Gasteiger partial charge is 0.476 e. The summed E-state index contributed by atoms with van der Waals surface area (Å²) in [5.41, 5.74) is 7.49. The minimum atomic E-state index is 0.686. The molecule has 1 heterocycles. The van der Waals surface area contributed by atoms with E-state index in [9.17, 15) is 0 Å². The van der Waals surface area contributed by atoms with E-state index in [1.54, 1.807) is 4.68 Å². The van der Waals surface area contributed by atoms with Crippen molar-refractivity contribution in [1.82, 2.24) is 9.78 Å². The van der Waals surface area contributed by atoms with E-state index in [4.69, 9.17) is 10.5 Å². The van der Waals surface area contributed by atoms with E-state index in [-0.39, 0.29) is 0 Å². The van der Waals surface area contributed by atoms with Crippen molar-refractivity contribution in [2.75, 3.05) is 12.3 Å². The number of ether oxygens (including phenoxy) is 1. The Morgan fingerprint density at radius 2 is 2.14 bits per heavy atom. The molecule has 0 spiro atoms. The molecule has 1 rings (SSSR count). The van der Waals surface area contributed by atoms with Crippen LogP contribution in [0, 0.1) is 0 Å². The molecule has 14 heavy (non-hydrogen) atoms. The lowest BCUT2D eigenvalue weighted by Crippen LogP contribution is -2.03. The molecule has 4 nitrogen and oxygen atoms in total. The summed E-state index contributed by atoms with van der Waals surface area (Å²) in [7, 11) is 1.86. The number of hydrogen-bond acceptors (Lipinski definition) is 3. The molecule has 0 bridgehead atoms. The van der Waals surface area contributed by atoms with Gasteiger partial charge in [-0.2, -0.15) is 5.10 Å². The maximum atomic E-state index is 5.89. The number of rotatable bonds is 5. The molecular formula is C10H19N3O. The summed E-state index contributed by atoms with van der Waals surface area (Å²) in [5.74, 6) is 0.704. The maximum absolute atomic E-state index is 5.89. The van der Waals surface area contributed by atoms with Gasteiger partial charge < -0.3 is 10.5 Å². The van der Waals surface area contributed by atoms with Crippen LogP contribution in [0.5, 0.6) is 5.88 Å². The highest BCUT2D eigenvalue weighted by Crippen LogP contribution is 2.24. The van der Waals surface area contributed by atoms with Crippen molar-refractivity contribution in [1.29, 1.82) is 0 Å². The lowest BCUT2D eigenvalue weighted by Gasteiger charge is -2.05. The molecule has 0 unspecified atom stereocenters. The van der Waals surface area contributed by atoms with E-state index < -0.39 is 0 Å². The van der Waals surface area contributed by atoms with Crippen molar-refractivity contribution in [3.8, 4) is 5.88 Å². The second kappa shape index (κ2) is 4.88. The van der Waals surface area contributed by atoms with Gasteiger partial charge in [-0.25, -0.2) is 4.68 Å². The van der Waals surface area contributed by atoms with Gasteiger partial charge in [0.25, 0.3) is 0 Å². The van der Waals surface area contributed by atoms with Gasteiger partial charge in [-0.05, 0) is 12.8 Å². The number of hydrogen-bond donors (Lipinski definition) is 1. The number of nitrogen functional groups attached to an aromatic ring is 1. The minimum Gasteiger partial charge on any atom is -0.476 e. The normalized spacial score (nSPS) is 10.5. The Kier molecular flexibility index (Phi) is 3.80. The predicted molar refractivity (Wildman–Crippen MR) is 57.4 cm³/mol. The number of anilines is 1. The molecular weight excluding hydrogens is 178 g/mol. The topological polar surface area (TPSA) is 53.1 Å². The smallest absolute Gasteiger partial charge is 0.235 e. The summed E-state index contributed by atoms with van der Waals surface area (Å²) in [6.45, 7) is 4.88. The molecule has 1 aromatic heterocycles. The SMILES string of the molecule is CCCCOc1c(N)c(CC)nn1C. The first kappa shape index (κ1) is 10.9. The number of nitrogens with zero attached hydrogens (tertiary/aromatic N) is 2. The van der Waals surface area contributed by atoms with Gasteiger partial charge in [-0.15, -0.1) is 0 Å². The van der Waals surface area contributed by atoms with E-state index >= 15 is 0 Å². The molecule has 0 fully saturated rings. The third-order valence-electron chi connectivity index (χ3n) is 2.18. The van der Waals surface area contributed by atoms with Crippen LogP contribution in [-0.4, -0.2) is 16.4 Å². The molecule has 0 aliphatic rings. The standard InChI is InChI=1S/C10H19N3O/c1-4-6-7-14-10-9(11)8(5-2)12-13(10)3/h4-7,11H2,1-3H3. The van der Waals surface area contributed by atoms with Crippen LogP contribution in [-0.2, 0) is 13.5 Å². The fourth-order valence-corrected chi connectivity index (χ4v) is 1.32. The highest BCUT2D eigenvalue weighted by Gasteiger charge is 2.12. The molecule has 0 aliphatic carbocycles. The van der Waals surface area contributed by atoms with Crippen molar-refractivity contribution in [2.45, 2.75) is 33.1 Å². The fourth-order valence-electron chi connectivity index (χ4n) is 1.32. The van der Waals surface area contributed by atoms with Crippen molar-refractivity contribution in [3.05, 3.63) is 5.69 Å². The Hall–Kier alpha value is -1.19. The lowest BCUT2D eigenvalue weighted by atomic mass is 10.3. The third-order valence-corrected chi connectivity index (χ3v) is 2.18. The van der Waals surface area contributed by atoms with Crippen LogP contribution in [0.4, 0.5) is 5.69 Å². The van der Waals surface area contributed by atoms with E-state index in [1.807, 2.05) is 14.0 Å². The van der Waals surface area contributed by atoms with E-state index in [0.717, 1.165) is 25.0 Å². The van der Waals surface area contributed by atoms with Crippen LogP contribution in [0.2, 0.25) is 0 Å². The third kappa shape index (κ3) is 2.19. The number of unbranched alkanes of at least 4 members (excludes halogenated alkanes) is 1. The van der Waals surface area contributed by atoms with Crippen molar-refractivity contribution >= 4 is 5.69 Å². The second-order valence-electron chi connectivity index (χ2n) is 3.34. The van der Waals surface area contributed by atoms with Crippen LogP contribution in [0.3, 0.4) is 0 Å². The summed E-state index contributed by atoms with van der Waals surface area (Å²) in [4.78, 5) is 0. The number of aryl methyl sites for hydroxylation is 2. The van der Waals surface area contributed by atoms with Gasteiger partial charge in [0.1, 0.15) is 5.69 Å². The number of nitrogens with two attached hydrogens (primary N) is 1. The van der Waals surface area contributed by atoms with Crippen LogP contribution >= 0.6 is 0 Å². The molecule has 0 saturated carbocycles. The van der Waals surface area contributed by atoms with Crippen LogP contribution < -0.4 is 10.5 Å². The van der Waals surface area contributed by atoms with Crippen molar-refractivity contribution in [2.24, 2.45) is 7.05 Å². The molecule has 0 radical (unpaired) electrons. The summed E-state index contributed by atoms with van der Waals surface area (Å²) < 4.78 is 7.28. The van der Waals surface area contributed by atoms with E-state index in [1.165, 1.54) is 0 Å². The van der Waals surface area contributed by atoms with E-state index in [2.05, 4.69) is 12.0 Å². The Balaban J connectivity index is 2.70. The Morgan fingerprint density at radius 1 is 1.43 bits per heavy atom. The highest BCUT2D eigenvalue weighted by molar-refractivity contribution is 5.52. The Morgan fingerprint density at radius 3 is 2.64 bits per heavy atom. The molecule has 80 valence electrons. The van der Waals surface area contributed by atoms with Gasteiger partial charge >= 0.3 is 0 Å². The maximum Gasteiger partial charge on any atom is 0.235 e. The molecule has 0 amide bonds. The Labute approximate surface area is 85.0 Å². The summed E-state index contributed by atoms with van der Waals surface area (Å²) in [6, 6.07) is 0. The van der Waals surface area contributed by atoms with Gasteiger partial charge in [0.05, 0.1) is 12.3 Å². The zero-order chi connectivity index (χ0) is 10.6. The average molecular weight is 197 g/mol. The van der Waals surface area contributed by atoms with Gasteiger partial charge in [0.2, 0.25) is 5.88 Å².